The first-order valence-electron chi connectivity index (χ1n) is 9.35. The van der Waals surface area contributed by atoms with E-state index in [4.69, 9.17) is 27.9 Å². The van der Waals surface area contributed by atoms with Gasteiger partial charge in [0, 0.05) is 17.1 Å². The molecule has 2 N–H and O–H groups in total. The zero-order valence-corrected chi connectivity index (χ0v) is 17.4. The van der Waals surface area contributed by atoms with Crippen molar-refractivity contribution in [3.05, 3.63) is 82.8 Å². The molecule has 0 aliphatic heterocycles. The van der Waals surface area contributed by atoms with Gasteiger partial charge in [-0.25, -0.2) is 14.8 Å². The van der Waals surface area contributed by atoms with Gasteiger partial charge in [0.05, 0.1) is 32.2 Å². The van der Waals surface area contributed by atoms with Gasteiger partial charge in [-0.1, -0.05) is 47.5 Å². The minimum atomic E-state index is -0.643. The molecule has 5 aromatic rings. The number of carbonyl (C=O) groups excluding carboxylic acids is 1. The Morgan fingerprint density at radius 2 is 1.68 bits per heavy atom. The fraction of sp³-hybridized carbons (Fsp3) is 0. The van der Waals surface area contributed by atoms with Crippen LogP contribution in [0.15, 0.2) is 72.8 Å². The summed E-state index contributed by atoms with van der Waals surface area (Å²) in [6.45, 7) is 0. The van der Waals surface area contributed by atoms with E-state index in [1.165, 1.54) is 0 Å². The molecule has 0 saturated heterocycles. The molecule has 0 unspecified atom stereocenters. The number of hydrogen-bond donors (Lipinski definition) is 2. The fourth-order valence-electron chi connectivity index (χ4n) is 3.27. The van der Waals surface area contributed by atoms with Crippen LogP contribution < -0.4 is 10.1 Å². The van der Waals surface area contributed by atoms with Crippen LogP contribution >= 0.6 is 23.2 Å². The topological polar surface area (TPSA) is 79.9 Å². The Balaban J connectivity index is 1.37. The van der Waals surface area contributed by atoms with Gasteiger partial charge in [-0.15, -0.1) is 0 Å². The molecule has 0 atom stereocenters. The number of carbonyl (C=O) groups is 1. The predicted molar refractivity (Wildman–Crippen MR) is 123 cm³/mol. The molecule has 8 heteroatoms. The molecule has 0 saturated carbocycles. The van der Waals surface area contributed by atoms with Crippen LogP contribution in [-0.2, 0) is 0 Å². The summed E-state index contributed by atoms with van der Waals surface area (Å²) in [5.41, 5.74) is 3.34. The predicted octanol–water partition coefficient (Wildman–Crippen LogP) is 6.70. The number of para-hydroxylation sites is 1. The second-order valence-electron chi connectivity index (χ2n) is 6.77. The molecule has 3 aromatic carbocycles. The van der Waals surface area contributed by atoms with Crippen LogP contribution in [0.3, 0.4) is 0 Å². The quantitative estimate of drug-likeness (QED) is 0.321. The van der Waals surface area contributed by atoms with Crippen molar-refractivity contribution in [2.24, 2.45) is 0 Å². The number of nitrogens with zero attached hydrogens (tertiary/aromatic N) is 2. The van der Waals surface area contributed by atoms with E-state index in [0.717, 1.165) is 10.9 Å². The summed E-state index contributed by atoms with van der Waals surface area (Å²) in [5, 5.41) is 4.66. The van der Waals surface area contributed by atoms with Crippen molar-refractivity contribution in [3.8, 4) is 17.3 Å². The molecule has 152 valence electrons. The summed E-state index contributed by atoms with van der Waals surface area (Å²) < 4.78 is 5.32. The van der Waals surface area contributed by atoms with Crippen molar-refractivity contribution >= 4 is 56.9 Å². The van der Waals surface area contributed by atoms with Crippen molar-refractivity contribution in [3.63, 3.8) is 0 Å². The smallest absolute Gasteiger partial charge is 0.391 e. The van der Waals surface area contributed by atoms with Crippen LogP contribution in [0.5, 0.6) is 5.88 Å². The van der Waals surface area contributed by atoms with Crippen LogP contribution in [0.25, 0.3) is 33.3 Å². The standard InChI is InChI=1S/C23H14Cl2N4O2/c24-15-5-3-6-16(25)21(15)22-28-18-10-9-14(12-19(18)29-22)26-23(30)31-20-11-8-13-4-1-2-7-17(13)27-20/h1-12H,(H,26,30)(H,28,29). The SMILES string of the molecule is O=C(Nc1ccc2nc(-c3c(Cl)cccc3Cl)[nH]c2c1)Oc1ccc2ccccc2n1. The molecule has 6 nitrogen and oxygen atoms in total. The molecule has 2 heterocycles. The average molecular weight is 449 g/mol. The molecule has 31 heavy (non-hydrogen) atoms. The van der Waals surface area contributed by atoms with E-state index in [1.807, 2.05) is 30.3 Å². The number of ether oxygens (including phenoxy) is 1. The van der Waals surface area contributed by atoms with E-state index in [-0.39, 0.29) is 5.88 Å². The van der Waals surface area contributed by atoms with Crippen LogP contribution in [-0.4, -0.2) is 21.0 Å². The van der Waals surface area contributed by atoms with Crippen molar-refractivity contribution in [2.75, 3.05) is 5.32 Å². The minimum Gasteiger partial charge on any atom is -0.391 e. The lowest BCUT2D eigenvalue weighted by Crippen LogP contribution is -2.17. The molecule has 0 aliphatic carbocycles. The molecule has 0 radical (unpaired) electrons. The lowest BCUT2D eigenvalue weighted by Gasteiger charge is -2.06. The number of rotatable bonds is 3. The van der Waals surface area contributed by atoms with E-state index in [2.05, 4.69) is 20.3 Å². The molecular formula is C23H14Cl2N4O2. The highest BCUT2D eigenvalue weighted by Gasteiger charge is 2.14. The zero-order valence-electron chi connectivity index (χ0n) is 15.9. The van der Waals surface area contributed by atoms with Gasteiger partial charge in [-0.05, 0) is 42.5 Å². The van der Waals surface area contributed by atoms with Gasteiger partial charge in [0.15, 0.2) is 0 Å². The summed E-state index contributed by atoms with van der Waals surface area (Å²) in [5.74, 6) is 0.764. The highest BCUT2D eigenvalue weighted by atomic mass is 35.5. The largest absolute Gasteiger partial charge is 0.418 e. The van der Waals surface area contributed by atoms with Gasteiger partial charge in [-0.3, -0.25) is 5.32 Å². The lowest BCUT2D eigenvalue weighted by molar-refractivity contribution is 0.213. The molecule has 0 bridgehead atoms. The van der Waals surface area contributed by atoms with Crippen LogP contribution in [0.2, 0.25) is 10.0 Å². The fourth-order valence-corrected chi connectivity index (χ4v) is 3.85. The third kappa shape index (κ3) is 3.91. The Kier molecular flexibility index (Phi) is 4.94. The lowest BCUT2D eigenvalue weighted by atomic mass is 10.2. The summed E-state index contributed by atoms with van der Waals surface area (Å²) in [4.78, 5) is 24.4. The third-order valence-corrected chi connectivity index (χ3v) is 5.33. The van der Waals surface area contributed by atoms with E-state index in [1.54, 1.807) is 42.5 Å². The first-order chi connectivity index (χ1) is 15.1. The molecular weight excluding hydrogens is 435 g/mol. The molecule has 2 aromatic heterocycles. The molecule has 0 fully saturated rings. The Morgan fingerprint density at radius 1 is 0.871 bits per heavy atom. The highest BCUT2D eigenvalue weighted by molar-refractivity contribution is 6.39. The van der Waals surface area contributed by atoms with Crippen molar-refractivity contribution < 1.29 is 9.53 Å². The van der Waals surface area contributed by atoms with Gasteiger partial charge in [0.2, 0.25) is 5.88 Å². The number of amides is 1. The maximum Gasteiger partial charge on any atom is 0.418 e. The summed E-state index contributed by atoms with van der Waals surface area (Å²) in [6.07, 6.45) is -0.643. The molecule has 1 amide bonds. The Morgan fingerprint density at radius 3 is 2.52 bits per heavy atom. The van der Waals surface area contributed by atoms with Gasteiger partial charge in [0.25, 0.3) is 0 Å². The summed E-state index contributed by atoms with van der Waals surface area (Å²) in [6, 6.07) is 21.6. The monoisotopic (exact) mass is 448 g/mol. The number of halogens is 2. The first-order valence-corrected chi connectivity index (χ1v) is 10.1. The van der Waals surface area contributed by atoms with E-state index >= 15 is 0 Å². The number of H-pyrrole nitrogens is 1. The van der Waals surface area contributed by atoms with Gasteiger partial charge >= 0.3 is 6.09 Å². The summed E-state index contributed by atoms with van der Waals surface area (Å²) in [7, 11) is 0. The number of anilines is 1. The molecule has 5 rings (SSSR count). The Bertz CT molecular complexity index is 1430. The zero-order chi connectivity index (χ0) is 21.4. The number of imidazole rings is 1. The van der Waals surface area contributed by atoms with Crippen LogP contribution in [0.1, 0.15) is 0 Å². The molecule has 0 spiro atoms. The minimum absolute atomic E-state index is 0.217. The number of benzene rings is 3. The first kappa shape index (κ1) is 19.4. The second kappa shape index (κ2) is 7.91. The van der Waals surface area contributed by atoms with E-state index < -0.39 is 6.09 Å². The number of aromatic nitrogens is 3. The normalized spacial score (nSPS) is 11.0. The number of fused-ring (bicyclic) bond motifs is 2. The number of nitrogens with one attached hydrogen (secondary N) is 2. The van der Waals surface area contributed by atoms with Gasteiger partial charge in [-0.2, -0.15) is 0 Å². The highest BCUT2D eigenvalue weighted by Crippen LogP contribution is 2.34. The van der Waals surface area contributed by atoms with E-state index in [0.29, 0.717) is 38.2 Å². The van der Waals surface area contributed by atoms with Crippen molar-refractivity contribution in [1.29, 1.82) is 0 Å². The van der Waals surface area contributed by atoms with Crippen molar-refractivity contribution in [1.82, 2.24) is 15.0 Å². The third-order valence-electron chi connectivity index (χ3n) is 4.70. The summed E-state index contributed by atoms with van der Waals surface area (Å²) >= 11 is 12.6. The van der Waals surface area contributed by atoms with E-state index in [9.17, 15) is 4.79 Å². The maximum atomic E-state index is 12.3. The van der Waals surface area contributed by atoms with Crippen molar-refractivity contribution in [2.45, 2.75) is 0 Å². The average Bonchev–Trinajstić information content (AvgIpc) is 3.16. The number of pyridine rings is 1. The van der Waals surface area contributed by atoms with Crippen LogP contribution in [0.4, 0.5) is 10.5 Å². The maximum absolute atomic E-state index is 12.3. The Hall–Kier alpha value is -3.61. The van der Waals surface area contributed by atoms with Gasteiger partial charge < -0.3 is 9.72 Å². The Labute approximate surface area is 186 Å². The van der Waals surface area contributed by atoms with Gasteiger partial charge in [0.1, 0.15) is 5.82 Å². The second-order valence-corrected chi connectivity index (χ2v) is 7.59. The van der Waals surface area contributed by atoms with Crippen LogP contribution in [0, 0.1) is 0 Å². The molecule has 0 aliphatic rings. The number of aromatic amines is 1. The number of hydrogen-bond acceptors (Lipinski definition) is 4.